The van der Waals surface area contributed by atoms with Crippen LogP contribution in [-0.4, -0.2) is 30.3 Å². The van der Waals surface area contributed by atoms with E-state index in [0.717, 1.165) is 12.1 Å². The Kier molecular flexibility index (Phi) is 6.75. The molecule has 0 aliphatic heterocycles. The van der Waals surface area contributed by atoms with Crippen LogP contribution in [0, 0.1) is 19.3 Å². The van der Waals surface area contributed by atoms with E-state index in [0.29, 0.717) is 52.6 Å². The minimum Gasteiger partial charge on any atom is -0.490 e. The van der Waals surface area contributed by atoms with E-state index in [2.05, 4.69) is 21.2 Å². The number of alkyl halides is 3. The number of nitrogens with two attached hydrogens (primary N) is 1. The highest BCUT2D eigenvalue weighted by atomic mass is 19.4. The molecule has 2 aromatic carbocycles. The maximum atomic E-state index is 13.2. The van der Waals surface area contributed by atoms with Crippen LogP contribution < -0.4 is 15.8 Å². The van der Waals surface area contributed by atoms with Crippen LogP contribution in [0.5, 0.6) is 5.75 Å². The van der Waals surface area contributed by atoms with E-state index in [9.17, 15) is 13.2 Å². The van der Waals surface area contributed by atoms with Gasteiger partial charge < -0.3 is 20.5 Å². The van der Waals surface area contributed by atoms with Gasteiger partial charge in [0, 0.05) is 18.2 Å². The third-order valence-electron chi connectivity index (χ3n) is 4.77. The predicted molar refractivity (Wildman–Crippen MR) is 117 cm³/mol. The van der Waals surface area contributed by atoms with Crippen LogP contribution in [0.3, 0.4) is 0 Å². The number of nitrogens with zero attached hydrogens (tertiary/aromatic N) is 2. The summed E-state index contributed by atoms with van der Waals surface area (Å²) in [5.74, 6) is 3.96. The Morgan fingerprint density at radius 3 is 2.56 bits per heavy atom. The number of ether oxygens (including phenoxy) is 2. The van der Waals surface area contributed by atoms with Gasteiger partial charge in [-0.05, 0) is 49.7 Å². The molecule has 0 aliphatic rings. The molecule has 0 saturated carbocycles. The molecule has 9 heteroatoms. The average Bonchev–Trinajstić information content (AvgIpc) is 2.72. The topological polar surface area (TPSA) is 82.3 Å². The first kappa shape index (κ1) is 23.2. The summed E-state index contributed by atoms with van der Waals surface area (Å²) in [6.07, 6.45) is 1.12. The van der Waals surface area contributed by atoms with Gasteiger partial charge in [0.1, 0.15) is 24.0 Å². The number of methoxy groups -OCH3 is 1. The molecule has 0 radical (unpaired) electrons. The van der Waals surface area contributed by atoms with Crippen molar-refractivity contribution in [3.05, 3.63) is 52.8 Å². The molecule has 0 saturated heterocycles. The maximum Gasteiger partial charge on any atom is 0.416 e. The van der Waals surface area contributed by atoms with E-state index >= 15 is 0 Å². The van der Waals surface area contributed by atoms with Gasteiger partial charge in [0.2, 0.25) is 0 Å². The number of terminal acetylenes is 1. The second-order valence-corrected chi connectivity index (χ2v) is 7.22. The van der Waals surface area contributed by atoms with Gasteiger partial charge in [-0.15, -0.1) is 6.42 Å². The number of fused-ring (bicyclic) bond motifs is 1. The molecule has 32 heavy (non-hydrogen) atoms. The van der Waals surface area contributed by atoms with E-state index in [1.54, 1.807) is 33.1 Å². The number of nitrogen functional groups attached to an aromatic ring is 1. The number of hydrogen-bond donors (Lipinski definition) is 2. The van der Waals surface area contributed by atoms with Crippen molar-refractivity contribution in [2.24, 2.45) is 0 Å². The molecule has 6 nitrogen and oxygen atoms in total. The number of benzene rings is 2. The van der Waals surface area contributed by atoms with Crippen LogP contribution in [0.2, 0.25) is 0 Å². The number of nitrogens with one attached hydrogen (secondary N) is 1. The molecular formula is C23H23F3N4O2. The first-order valence-electron chi connectivity index (χ1n) is 9.77. The predicted octanol–water partition coefficient (Wildman–Crippen LogP) is 4.72. The van der Waals surface area contributed by atoms with Gasteiger partial charge in [0.25, 0.3) is 0 Å². The molecule has 0 aliphatic carbocycles. The second kappa shape index (κ2) is 9.32. The van der Waals surface area contributed by atoms with Crippen molar-refractivity contribution in [3.63, 3.8) is 0 Å². The second-order valence-electron chi connectivity index (χ2n) is 7.22. The summed E-state index contributed by atoms with van der Waals surface area (Å²) < 4.78 is 50.4. The molecule has 0 unspecified atom stereocenters. The zero-order valence-electron chi connectivity index (χ0n) is 17.9. The van der Waals surface area contributed by atoms with Crippen LogP contribution >= 0.6 is 0 Å². The number of halogens is 3. The summed E-state index contributed by atoms with van der Waals surface area (Å²) in [5, 5.41) is 3.79. The molecule has 1 aromatic heterocycles. The highest BCUT2D eigenvalue weighted by Gasteiger charge is 2.31. The van der Waals surface area contributed by atoms with Gasteiger partial charge in [0.05, 0.1) is 29.3 Å². The minimum absolute atomic E-state index is 0.0275. The van der Waals surface area contributed by atoms with Gasteiger partial charge in [-0.25, -0.2) is 9.97 Å². The maximum absolute atomic E-state index is 13.2. The van der Waals surface area contributed by atoms with Crippen molar-refractivity contribution in [1.29, 1.82) is 0 Å². The Labute approximate surface area is 184 Å². The van der Waals surface area contributed by atoms with E-state index in [1.165, 1.54) is 6.07 Å². The van der Waals surface area contributed by atoms with Crippen LogP contribution in [0.25, 0.3) is 10.9 Å². The molecule has 0 bridgehead atoms. The standard InChI is InChI=1S/C23H23F3N4O2/c1-5-15-10-20-19(12-21(15)32-7-6-31-4)22(30-14(3)29-20)28-13(2)16-8-17(23(24,25)26)11-18(27)9-16/h1,8-13H,6-7,27H2,2-4H3,(H,28,29,30)/t13-/m1/s1. The molecule has 3 aromatic rings. The van der Waals surface area contributed by atoms with Crippen LogP contribution in [0.1, 0.15) is 35.5 Å². The number of aromatic nitrogens is 2. The highest BCUT2D eigenvalue weighted by molar-refractivity contribution is 5.92. The fourth-order valence-electron chi connectivity index (χ4n) is 3.23. The lowest BCUT2D eigenvalue weighted by Crippen LogP contribution is -2.13. The molecule has 3 N–H and O–H groups in total. The fraction of sp³-hybridized carbons (Fsp3) is 0.304. The van der Waals surface area contributed by atoms with Crippen LogP contribution in [0.4, 0.5) is 24.7 Å². The Bertz CT molecular complexity index is 1170. The van der Waals surface area contributed by atoms with E-state index < -0.39 is 17.8 Å². The SMILES string of the molecule is C#Cc1cc2nc(C)nc(N[C@H](C)c3cc(N)cc(C(F)(F)F)c3)c2cc1OCCOC. The van der Waals surface area contributed by atoms with Gasteiger partial charge in [-0.3, -0.25) is 0 Å². The van der Waals surface area contributed by atoms with Crippen molar-refractivity contribution in [1.82, 2.24) is 9.97 Å². The lowest BCUT2D eigenvalue weighted by atomic mass is 10.0. The smallest absolute Gasteiger partial charge is 0.416 e. The fourth-order valence-corrected chi connectivity index (χ4v) is 3.23. The Balaban J connectivity index is 2.02. The molecule has 0 amide bonds. The summed E-state index contributed by atoms with van der Waals surface area (Å²) in [6.45, 7) is 4.12. The third-order valence-corrected chi connectivity index (χ3v) is 4.77. The number of anilines is 2. The lowest BCUT2D eigenvalue weighted by Gasteiger charge is -2.19. The molecule has 3 rings (SSSR count). The normalized spacial score (nSPS) is 12.4. The van der Waals surface area contributed by atoms with Crippen molar-refractivity contribution in [3.8, 4) is 18.1 Å². The Morgan fingerprint density at radius 1 is 1.16 bits per heavy atom. The summed E-state index contributed by atoms with van der Waals surface area (Å²) >= 11 is 0. The Hall–Kier alpha value is -3.51. The van der Waals surface area contributed by atoms with Crippen molar-refractivity contribution in [2.45, 2.75) is 26.1 Å². The third kappa shape index (κ3) is 5.21. The van der Waals surface area contributed by atoms with Gasteiger partial charge in [-0.2, -0.15) is 13.2 Å². The number of aryl methyl sites for hydroxylation is 1. The summed E-state index contributed by atoms with van der Waals surface area (Å²) in [4.78, 5) is 8.87. The van der Waals surface area contributed by atoms with Crippen LogP contribution in [-0.2, 0) is 10.9 Å². The zero-order valence-corrected chi connectivity index (χ0v) is 17.9. The quantitative estimate of drug-likeness (QED) is 0.312. The molecule has 1 atom stereocenters. The highest BCUT2D eigenvalue weighted by Crippen LogP contribution is 2.34. The lowest BCUT2D eigenvalue weighted by molar-refractivity contribution is -0.137. The molecule has 168 valence electrons. The van der Waals surface area contributed by atoms with Crippen molar-refractivity contribution < 1.29 is 22.6 Å². The molecule has 1 heterocycles. The zero-order chi connectivity index (χ0) is 23.5. The van der Waals surface area contributed by atoms with E-state index in [-0.39, 0.29) is 5.69 Å². The summed E-state index contributed by atoms with van der Waals surface area (Å²) in [5.41, 5.74) is 6.42. The van der Waals surface area contributed by atoms with Crippen molar-refractivity contribution >= 4 is 22.4 Å². The monoisotopic (exact) mass is 444 g/mol. The van der Waals surface area contributed by atoms with Gasteiger partial charge in [-0.1, -0.05) is 5.92 Å². The first-order valence-corrected chi connectivity index (χ1v) is 9.77. The molecular weight excluding hydrogens is 421 g/mol. The molecule has 0 spiro atoms. The van der Waals surface area contributed by atoms with E-state index in [1.807, 2.05) is 0 Å². The first-order chi connectivity index (χ1) is 15.1. The van der Waals surface area contributed by atoms with Gasteiger partial charge >= 0.3 is 6.18 Å². The largest absolute Gasteiger partial charge is 0.490 e. The van der Waals surface area contributed by atoms with Gasteiger partial charge in [0.15, 0.2) is 0 Å². The summed E-state index contributed by atoms with van der Waals surface area (Å²) in [6, 6.07) is 6.38. The summed E-state index contributed by atoms with van der Waals surface area (Å²) in [7, 11) is 1.56. The number of rotatable bonds is 7. The van der Waals surface area contributed by atoms with E-state index in [4.69, 9.17) is 21.6 Å². The Morgan fingerprint density at radius 2 is 1.91 bits per heavy atom. The van der Waals surface area contributed by atoms with Crippen LogP contribution in [0.15, 0.2) is 30.3 Å². The number of hydrogen-bond acceptors (Lipinski definition) is 6. The minimum atomic E-state index is -4.50. The van der Waals surface area contributed by atoms with Crippen molar-refractivity contribution in [2.75, 3.05) is 31.4 Å². The molecule has 0 fully saturated rings. The average molecular weight is 444 g/mol.